The summed E-state index contributed by atoms with van der Waals surface area (Å²) in [6, 6.07) is 0. The molecule has 0 saturated heterocycles. The summed E-state index contributed by atoms with van der Waals surface area (Å²) in [7, 11) is 0. The Hall–Kier alpha value is -4.71. The first kappa shape index (κ1) is 58.3. The van der Waals surface area contributed by atoms with E-state index in [-0.39, 0.29) is 31.6 Å². The van der Waals surface area contributed by atoms with Gasteiger partial charge in [-0.15, -0.1) is 0 Å². The molecule has 0 aliphatic rings. The van der Waals surface area contributed by atoms with Crippen molar-refractivity contribution >= 4 is 17.9 Å². The van der Waals surface area contributed by atoms with Crippen molar-refractivity contribution in [3.8, 4) is 0 Å². The first-order valence-corrected chi connectivity index (χ1v) is 24.4. The van der Waals surface area contributed by atoms with Gasteiger partial charge in [0, 0.05) is 19.3 Å². The van der Waals surface area contributed by atoms with Gasteiger partial charge in [0.15, 0.2) is 6.10 Å². The molecule has 0 aromatic heterocycles. The molecule has 0 N–H and O–H groups in total. The van der Waals surface area contributed by atoms with Gasteiger partial charge >= 0.3 is 17.9 Å². The van der Waals surface area contributed by atoms with Gasteiger partial charge in [-0.3, -0.25) is 14.4 Å². The fourth-order valence-electron chi connectivity index (χ4n) is 5.93. The normalized spacial score (nSPS) is 13.4. The third-order valence-electron chi connectivity index (χ3n) is 9.51. The molecule has 0 radical (unpaired) electrons. The van der Waals surface area contributed by atoms with E-state index in [0.717, 1.165) is 116 Å². The standard InChI is InChI=1S/C57H86O6/c1-4-7-10-13-16-19-22-25-26-27-28-29-30-33-35-38-41-44-47-50-56(59)62-53-54(63-57(60)51-48-45-42-39-36-32-24-21-18-15-12-9-6-3)52-61-55(58)49-46-43-40-37-34-31-23-20-17-14-11-8-5-2/h7-12,14-21,23-26,28-29,32,36,39,42,54H,4-6,13,22,27,30-31,33-35,37-38,40-41,43-53H2,1-3H3/b10-7+,11-8+,12-9+,17-14+,18-15+,19-16+,23-20+,24-21+,26-25+,29-28+,36-32+,42-39+. The fraction of sp³-hybridized carbons (Fsp3) is 0.526. The summed E-state index contributed by atoms with van der Waals surface area (Å²) in [4.78, 5) is 37.9. The third-order valence-corrected chi connectivity index (χ3v) is 9.51. The van der Waals surface area contributed by atoms with E-state index in [2.05, 4.69) is 106 Å². The van der Waals surface area contributed by atoms with Gasteiger partial charge in [0.2, 0.25) is 0 Å². The van der Waals surface area contributed by atoms with Crippen molar-refractivity contribution in [3.05, 3.63) is 146 Å². The Bertz CT molecular complexity index is 1460. The molecular formula is C57H86O6. The minimum absolute atomic E-state index is 0.128. The molecule has 0 spiro atoms. The molecule has 0 fully saturated rings. The maximum Gasteiger partial charge on any atom is 0.306 e. The molecule has 0 rings (SSSR count). The van der Waals surface area contributed by atoms with Crippen LogP contribution in [0.25, 0.3) is 0 Å². The molecule has 0 aliphatic heterocycles. The number of carbonyl (C=O) groups excluding carboxylic acids is 3. The smallest absolute Gasteiger partial charge is 0.306 e. The lowest BCUT2D eigenvalue weighted by atomic mass is 10.1. The molecule has 0 amide bonds. The highest BCUT2D eigenvalue weighted by molar-refractivity contribution is 5.71. The van der Waals surface area contributed by atoms with Gasteiger partial charge in [0.25, 0.3) is 0 Å². The van der Waals surface area contributed by atoms with Gasteiger partial charge in [0.1, 0.15) is 13.2 Å². The highest BCUT2D eigenvalue weighted by atomic mass is 16.6. The first-order chi connectivity index (χ1) is 31.0. The maximum absolute atomic E-state index is 12.7. The van der Waals surface area contributed by atoms with Crippen LogP contribution >= 0.6 is 0 Å². The highest BCUT2D eigenvalue weighted by Crippen LogP contribution is 2.12. The lowest BCUT2D eigenvalue weighted by molar-refractivity contribution is -0.167. The predicted octanol–water partition coefficient (Wildman–Crippen LogP) is 16.1. The number of carbonyl (C=O) groups is 3. The molecule has 63 heavy (non-hydrogen) atoms. The Kier molecular flexibility index (Phi) is 46.2. The minimum Gasteiger partial charge on any atom is -0.462 e. The Morgan fingerprint density at radius 2 is 0.667 bits per heavy atom. The average Bonchev–Trinajstić information content (AvgIpc) is 3.28. The molecule has 6 heteroatoms. The summed E-state index contributed by atoms with van der Waals surface area (Å²) in [5.41, 5.74) is 0. The summed E-state index contributed by atoms with van der Waals surface area (Å²) < 4.78 is 16.7. The van der Waals surface area contributed by atoms with Crippen molar-refractivity contribution in [2.75, 3.05) is 13.2 Å². The van der Waals surface area contributed by atoms with E-state index in [1.165, 1.54) is 12.8 Å². The minimum atomic E-state index is -0.835. The fourth-order valence-corrected chi connectivity index (χ4v) is 5.93. The van der Waals surface area contributed by atoms with Crippen LogP contribution < -0.4 is 0 Å². The zero-order chi connectivity index (χ0) is 45.8. The summed E-state index contributed by atoms with van der Waals surface area (Å²) >= 11 is 0. The monoisotopic (exact) mass is 867 g/mol. The number of rotatable bonds is 41. The van der Waals surface area contributed by atoms with Crippen molar-refractivity contribution in [3.63, 3.8) is 0 Å². The van der Waals surface area contributed by atoms with E-state index < -0.39 is 12.1 Å². The molecule has 350 valence electrons. The molecule has 0 bridgehead atoms. The number of hydrogen-bond acceptors (Lipinski definition) is 6. The van der Waals surface area contributed by atoms with E-state index in [1.54, 1.807) is 0 Å². The van der Waals surface area contributed by atoms with E-state index in [1.807, 2.05) is 60.8 Å². The second kappa shape index (κ2) is 49.9. The molecule has 0 aromatic carbocycles. The van der Waals surface area contributed by atoms with E-state index >= 15 is 0 Å². The van der Waals surface area contributed by atoms with Crippen molar-refractivity contribution in [1.82, 2.24) is 0 Å². The van der Waals surface area contributed by atoms with Gasteiger partial charge in [-0.05, 0) is 89.9 Å². The summed E-state index contributed by atoms with van der Waals surface area (Å²) in [6.07, 6.45) is 71.2. The summed E-state index contributed by atoms with van der Waals surface area (Å²) in [5.74, 6) is -1.05. The van der Waals surface area contributed by atoms with Crippen LogP contribution in [0.3, 0.4) is 0 Å². The zero-order valence-corrected chi connectivity index (χ0v) is 39.8. The van der Waals surface area contributed by atoms with Crippen LogP contribution in [0, 0.1) is 0 Å². The Morgan fingerprint density at radius 1 is 0.333 bits per heavy atom. The number of esters is 3. The summed E-state index contributed by atoms with van der Waals surface area (Å²) in [5, 5.41) is 0. The molecule has 0 aliphatic carbocycles. The Labute approximate surface area is 385 Å². The Morgan fingerprint density at radius 3 is 1.13 bits per heavy atom. The van der Waals surface area contributed by atoms with Crippen LogP contribution in [0.1, 0.15) is 175 Å². The zero-order valence-electron chi connectivity index (χ0n) is 39.8. The molecule has 1 atom stereocenters. The van der Waals surface area contributed by atoms with Crippen LogP contribution in [0.2, 0.25) is 0 Å². The lowest BCUT2D eigenvalue weighted by Crippen LogP contribution is -2.30. The SMILES string of the molecule is CC/C=C/C=C/C=C/C=C/C=C/CCCC(=O)OC(COC(=O)CCCCCCC/C=C/C=C/C=C/CC)COC(=O)CCCCCCCC/C=C/C/C=C/C/C=C/C/C=C/CC. The van der Waals surface area contributed by atoms with Gasteiger partial charge in [-0.1, -0.05) is 212 Å². The number of unbranched alkanes of at least 4 members (excludes halogenated alkanes) is 12. The number of hydrogen-bond donors (Lipinski definition) is 0. The summed E-state index contributed by atoms with van der Waals surface area (Å²) in [6.45, 7) is 6.12. The van der Waals surface area contributed by atoms with Crippen LogP contribution in [-0.4, -0.2) is 37.2 Å². The molecule has 0 heterocycles. The molecular weight excluding hydrogens is 781 g/mol. The van der Waals surface area contributed by atoms with Crippen molar-refractivity contribution in [1.29, 1.82) is 0 Å². The van der Waals surface area contributed by atoms with Crippen LogP contribution in [0.15, 0.2) is 146 Å². The van der Waals surface area contributed by atoms with Gasteiger partial charge in [0.05, 0.1) is 0 Å². The van der Waals surface area contributed by atoms with Crippen molar-refractivity contribution in [2.45, 2.75) is 181 Å². The molecule has 0 aromatic rings. The molecule has 6 nitrogen and oxygen atoms in total. The average molecular weight is 867 g/mol. The number of allylic oxidation sites excluding steroid dienone is 24. The molecule has 1 unspecified atom stereocenters. The van der Waals surface area contributed by atoms with E-state index in [4.69, 9.17) is 14.2 Å². The third kappa shape index (κ3) is 48.2. The van der Waals surface area contributed by atoms with Gasteiger partial charge < -0.3 is 14.2 Å². The van der Waals surface area contributed by atoms with Crippen molar-refractivity contribution < 1.29 is 28.6 Å². The first-order valence-electron chi connectivity index (χ1n) is 24.4. The van der Waals surface area contributed by atoms with Crippen LogP contribution in [-0.2, 0) is 28.6 Å². The molecule has 0 saturated carbocycles. The largest absolute Gasteiger partial charge is 0.462 e. The Balaban J connectivity index is 4.54. The second-order valence-corrected chi connectivity index (χ2v) is 15.4. The predicted molar refractivity (Wildman–Crippen MR) is 269 cm³/mol. The lowest BCUT2D eigenvalue weighted by Gasteiger charge is -2.18. The van der Waals surface area contributed by atoms with Crippen molar-refractivity contribution in [2.24, 2.45) is 0 Å². The van der Waals surface area contributed by atoms with Gasteiger partial charge in [-0.2, -0.15) is 0 Å². The van der Waals surface area contributed by atoms with E-state index in [9.17, 15) is 14.4 Å². The second-order valence-electron chi connectivity index (χ2n) is 15.4. The number of ether oxygens (including phenoxy) is 3. The van der Waals surface area contributed by atoms with Crippen LogP contribution in [0.4, 0.5) is 0 Å². The van der Waals surface area contributed by atoms with E-state index in [0.29, 0.717) is 19.3 Å². The topological polar surface area (TPSA) is 78.9 Å². The van der Waals surface area contributed by atoms with Crippen LogP contribution in [0.5, 0.6) is 0 Å². The maximum atomic E-state index is 12.7. The highest BCUT2D eigenvalue weighted by Gasteiger charge is 2.19. The van der Waals surface area contributed by atoms with Gasteiger partial charge in [-0.25, -0.2) is 0 Å². The quantitative estimate of drug-likeness (QED) is 0.0200.